The molecule has 2 aromatic rings. The molecule has 0 saturated carbocycles. The lowest BCUT2D eigenvalue weighted by Gasteiger charge is -2.14. The van der Waals surface area contributed by atoms with Crippen molar-refractivity contribution in [3.8, 4) is 0 Å². The summed E-state index contributed by atoms with van der Waals surface area (Å²) in [5, 5.41) is 3.72. The number of aromatic amines is 1. The summed E-state index contributed by atoms with van der Waals surface area (Å²) in [6, 6.07) is 2.81. The predicted molar refractivity (Wildman–Crippen MR) is 67.0 cm³/mol. The molecular weight excluding hydrogens is 270 g/mol. The molecule has 0 saturated heterocycles. The lowest BCUT2D eigenvalue weighted by molar-refractivity contribution is 0.378. The predicted octanol–water partition coefficient (Wildman–Crippen LogP) is 0.492. The van der Waals surface area contributed by atoms with Gasteiger partial charge in [-0.2, -0.15) is 4.31 Å². The monoisotopic (exact) mass is 283 g/mol. The van der Waals surface area contributed by atoms with Crippen LogP contribution in [0.15, 0.2) is 38.7 Å². The Morgan fingerprint density at radius 3 is 2.79 bits per heavy atom. The van der Waals surface area contributed by atoms with Gasteiger partial charge in [0.05, 0.1) is 12.2 Å². The van der Waals surface area contributed by atoms with Crippen LogP contribution >= 0.6 is 0 Å². The van der Waals surface area contributed by atoms with Gasteiger partial charge in [-0.1, -0.05) is 5.16 Å². The number of H-pyrrole nitrogens is 1. The number of aryl methyl sites for hydroxylation is 1. The molecule has 1 N–H and O–H groups in total. The fourth-order valence-corrected chi connectivity index (χ4v) is 2.75. The minimum absolute atomic E-state index is 0.0357. The molecule has 0 atom stereocenters. The largest absolute Gasteiger partial charge is 0.366 e. The van der Waals surface area contributed by atoms with E-state index in [0.717, 1.165) is 4.31 Å². The van der Waals surface area contributed by atoms with Gasteiger partial charge in [-0.05, 0) is 6.92 Å². The van der Waals surface area contributed by atoms with E-state index in [4.69, 9.17) is 4.52 Å². The average Bonchev–Trinajstić information content (AvgIpc) is 2.75. The normalized spacial score (nSPS) is 11.9. The molecule has 0 spiro atoms. The molecule has 0 aliphatic rings. The lowest BCUT2D eigenvalue weighted by atomic mass is 10.4. The number of nitrogens with zero attached hydrogens (tertiary/aromatic N) is 2. The van der Waals surface area contributed by atoms with Crippen LogP contribution in [0.5, 0.6) is 0 Å². The molecule has 2 rings (SSSR count). The summed E-state index contributed by atoms with van der Waals surface area (Å²) < 4.78 is 30.3. The molecule has 2 heterocycles. The second-order valence-electron chi connectivity index (χ2n) is 4.06. The zero-order valence-corrected chi connectivity index (χ0v) is 11.3. The summed E-state index contributed by atoms with van der Waals surface area (Å²) >= 11 is 0. The average molecular weight is 283 g/mol. The van der Waals surface area contributed by atoms with E-state index < -0.39 is 15.5 Å². The molecule has 7 nitrogen and oxygen atoms in total. The van der Waals surface area contributed by atoms with Gasteiger partial charge in [-0.3, -0.25) is 4.79 Å². The van der Waals surface area contributed by atoms with Crippen LogP contribution < -0.4 is 5.43 Å². The Bertz CT molecular complexity index is 732. The van der Waals surface area contributed by atoms with E-state index in [1.807, 2.05) is 0 Å². The Hall–Kier alpha value is -1.93. The van der Waals surface area contributed by atoms with Gasteiger partial charge in [0.1, 0.15) is 10.7 Å². The number of nitrogens with one attached hydrogen (secondary N) is 1. The molecule has 2 aromatic heterocycles. The third-order valence-corrected chi connectivity index (χ3v) is 4.36. The molecule has 0 radical (unpaired) electrons. The maximum Gasteiger partial charge on any atom is 0.248 e. The van der Waals surface area contributed by atoms with Crippen LogP contribution in [0, 0.1) is 6.92 Å². The smallest absolute Gasteiger partial charge is 0.248 e. The summed E-state index contributed by atoms with van der Waals surface area (Å²) in [6.07, 6.45) is 2.55. The van der Waals surface area contributed by atoms with Crippen LogP contribution in [0.25, 0.3) is 0 Å². The van der Waals surface area contributed by atoms with E-state index in [1.54, 1.807) is 13.0 Å². The summed E-state index contributed by atoms with van der Waals surface area (Å²) in [4.78, 5) is 13.9. The summed E-state index contributed by atoms with van der Waals surface area (Å²) in [6.45, 7) is 1.75. The van der Waals surface area contributed by atoms with E-state index in [1.165, 1.54) is 25.5 Å². The first-order valence-electron chi connectivity index (χ1n) is 5.47. The van der Waals surface area contributed by atoms with E-state index >= 15 is 0 Å². The van der Waals surface area contributed by atoms with Crippen molar-refractivity contribution in [2.45, 2.75) is 18.4 Å². The van der Waals surface area contributed by atoms with Gasteiger partial charge >= 0.3 is 0 Å². The zero-order chi connectivity index (χ0) is 14.0. The Kier molecular flexibility index (Phi) is 3.54. The van der Waals surface area contributed by atoms with Gasteiger partial charge in [0.15, 0.2) is 0 Å². The summed E-state index contributed by atoms with van der Waals surface area (Å²) in [5.41, 5.74) is -0.0714. The second-order valence-corrected chi connectivity index (χ2v) is 6.08. The van der Waals surface area contributed by atoms with Crippen LogP contribution in [0.4, 0.5) is 0 Å². The Morgan fingerprint density at radius 1 is 1.47 bits per heavy atom. The maximum absolute atomic E-state index is 12.2. The maximum atomic E-state index is 12.2. The number of pyridine rings is 1. The zero-order valence-electron chi connectivity index (χ0n) is 10.5. The first kappa shape index (κ1) is 13.5. The molecule has 0 amide bonds. The number of rotatable bonds is 4. The molecular formula is C11H13N3O4S. The van der Waals surface area contributed by atoms with Crippen molar-refractivity contribution < 1.29 is 12.9 Å². The third kappa shape index (κ3) is 2.74. The molecule has 102 valence electrons. The van der Waals surface area contributed by atoms with Gasteiger partial charge in [0.25, 0.3) is 0 Å². The van der Waals surface area contributed by atoms with Crippen molar-refractivity contribution in [2.24, 2.45) is 0 Å². The highest BCUT2D eigenvalue weighted by atomic mass is 32.2. The van der Waals surface area contributed by atoms with E-state index in [9.17, 15) is 13.2 Å². The molecule has 0 unspecified atom stereocenters. The number of hydrogen-bond acceptors (Lipinski definition) is 5. The molecule has 19 heavy (non-hydrogen) atoms. The number of aromatic nitrogens is 2. The van der Waals surface area contributed by atoms with Crippen LogP contribution in [0.2, 0.25) is 0 Å². The second kappa shape index (κ2) is 4.98. The summed E-state index contributed by atoms with van der Waals surface area (Å²) in [5.74, 6) is 0.596. The van der Waals surface area contributed by atoms with Crippen molar-refractivity contribution in [3.63, 3.8) is 0 Å². The highest BCUT2D eigenvalue weighted by molar-refractivity contribution is 7.89. The Balaban J connectivity index is 2.30. The standard InChI is InChI=1S/C11H13N3O4S/c1-8-5-9(13-18-8)7-14(2)19(16,17)11-6-12-4-3-10(11)15/h3-6H,7H2,1-2H3,(H,12,15). The molecule has 0 fully saturated rings. The first-order valence-corrected chi connectivity index (χ1v) is 6.91. The van der Waals surface area contributed by atoms with Gasteiger partial charge < -0.3 is 9.51 Å². The van der Waals surface area contributed by atoms with Crippen molar-refractivity contribution >= 4 is 10.0 Å². The molecule has 0 bridgehead atoms. The summed E-state index contributed by atoms with van der Waals surface area (Å²) in [7, 11) is -2.47. The Morgan fingerprint density at radius 2 is 2.21 bits per heavy atom. The van der Waals surface area contributed by atoms with Crippen molar-refractivity contribution in [3.05, 3.63) is 46.2 Å². The van der Waals surface area contributed by atoms with Gasteiger partial charge in [-0.15, -0.1) is 0 Å². The molecule has 0 aliphatic carbocycles. The van der Waals surface area contributed by atoms with Crippen molar-refractivity contribution in [1.29, 1.82) is 0 Å². The van der Waals surface area contributed by atoms with Crippen molar-refractivity contribution in [2.75, 3.05) is 7.05 Å². The fraction of sp³-hybridized carbons (Fsp3) is 0.273. The van der Waals surface area contributed by atoms with Crippen LogP contribution in [0.3, 0.4) is 0 Å². The van der Waals surface area contributed by atoms with E-state index in [-0.39, 0.29) is 11.4 Å². The minimum atomic E-state index is -3.85. The molecule has 0 aromatic carbocycles. The van der Waals surface area contributed by atoms with Gasteiger partial charge in [-0.25, -0.2) is 8.42 Å². The topological polar surface area (TPSA) is 96.3 Å². The van der Waals surface area contributed by atoms with E-state index in [2.05, 4.69) is 10.1 Å². The SMILES string of the molecule is Cc1cc(CN(C)S(=O)(=O)c2c[nH]ccc2=O)no1. The van der Waals surface area contributed by atoms with Crippen LogP contribution in [0.1, 0.15) is 11.5 Å². The quantitative estimate of drug-likeness (QED) is 0.881. The minimum Gasteiger partial charge on any atom is -0.366 e. The van der Waals surface area contributed by atoms with Crippen LogP contribution in [-0.2, 0) is 16.6 Å². The number of hydrogen-bond donors (Lipinski definition) is 1. The Labute approximate surface area is 109 Å². The lowest BCUT2D eigenvalue weighted by Crippen LogP contribution is -2.30. The third-order valence-electron chi connectivity index (χ3n) is 2.54. The highest BCUT2D eigenvalue weighted by Crippen LogP contribution is 2.12. The van der Waals surface area contributed by atoms with Crippen molar-refractivity contribution in [1.82, 2.24) is 14.4 Å². The highest BCUT2D eigenvalue weighted by Gasteiger charge is 2.24. The number of sulfonamides is 1. The molecule has 0 aliphatic heterocycles. The first-order chi connectivity index (χ1) is 8.91. The fourth-order valence-electron chi connectivity index (χ4n) is 1.58. The van der Waals surface area contributed by atoms with E-state index in [0.29, 0.717) is 11.5 Å². The van der Waals surface area contributed by atoms with Crippen LogP contribution in [-0.4, -0.2) is 29.9 Å². The van der Waals surface area contributed by atoms with Gasteiger partial charge in [0.2, 0.25) is 15.5 Å². The van der Waals surface area contributed by atoms with Gasteiger partial charge in [0, 0.05) is 31.6 Å². The molecule has 8 heteroatoms.